The number of thioether (sulfide) groups is 1. The molecule has 1 saturated carbocycles. The van der Waals surface area contributed by atoms with Crippen LogP contribution in [0.1, 0.15) is 30.6 Å². The van der Waals surface area contributed by atoms with Crippen LogP contribution in [0.3, 0.4) is 0 Å². The van der Waals surface area contributed by atoms with E-state index in [9.17, 15) is 29.4 Å². The van der Waals surface area contributed by atoms with Crippen molar-refractivity contribution in [2.75, 3.05) is 11.9 Å². The molecule has 1 amide bonds. The van der Waals surface area contributed by atoms with Gasteiger partial charge in [-0.15, -0.1) is 11.8 Å². The van der Waals surface area contributed by atoms with Crippen molar-refractivity contribution >= 4 is 41.1 Å². The summed E-state index contributed by atoms with van der Waals surface area (Å²) in [7, 11) is 0. The average Bonchev–Trinajstić information content (AvgIpc) is 3.30. The largest absolute Gasteiger partial charge is 0.478 e. The number of aromatic carboxylic acids is 1. The highest BCUT2D eigenvalue weighted by Gasteiger charge is 2.61. The number of carboxylic acids is 2. The van der Waals surface area contributed by atoms with Crippen LogP contribution in [0.25, 0.3) is 0 Å². The molecule has 1 saturated heterocycles. The first-order valence-corrected chi connectivity index (χ1v) is 11.8. The maximum atomic E-state index is 12.7. The normalized spacial score (nSPS) is 31.7. The van der Waals surface area contributed by atoms with E-state index in [-0.39, 0.29) is 46.0 Å². The van der Waals surface area contributed by atoms with Crippen LogP contribution >= 0.6 is 11.8 Å². The molecule has 33 heavy (non-hydrogen) atoms. The molecule has 9 nitrogen and oxygen atoms in total. The Morgan fingerprint density at radius 1 is 1.21 bits per heavy atom. The minimum atomic E-state index is -1.09. The van der Waals surface area contributed by atoms with Crippen LogP contribution in [0, 0.1) is 23.7 Å². The Morgan fingerprint density at radius 2 is 1.94 bits per heavy atom. The predicted molar refractivity (Wildman–Crippen MR) is 120 cm³/mol. The van der Waals surface area contributed by atoms with Crippen molar-refractivity contribution in [1.29, 1.82) is 0 Å². The Balaban J connectivity index is 1.43. The highest BCUT2D eigenvalue weighted by molar-refractivity contribution is 8.03. The van der Waals surface area contributed by atoms with Crippen LogP contribution < -0.4 is 10.6 Å². The molecule has 7 atom stereocenters. The van der Waals surface area contributed by atoms with Crippen LogP contribution in [0.15, 0.2) is 34.7 Å². The SMILES string of the molecule is C[C@@H](O)[C@H]1C(=O)C2C(C(=O)O)=C(S[C@@H]3C[NH2+][C@H](C(=O)Nc4cccc(C(=O)O)c4)C3)[C@H](C)[C@@H]21. The van der Waals surface area contributed by atoms with Gasteiger partial charge in [0.2, 0.25) is 0 Å². The maximum Gasteiger partial charge on any atom is 0.335 e. The summed E-state index contributed by atoms with van der Waals surface area (Å²) in [5.41, 5.74) is 0.640. The second kappa shape index (κ2) is 8.92. The molecular formula is C23H27N2O7S+. The molecule has 0 aromatic heterocycles. The molecule has 4 rings (SSSR count). The summed E-state index contributed by atoms with van der Waals surface area (Å²) in [6, 6.07) is 5.65. The van der Waals surface area contributed by atoms with Crippen LogP contribution in [0.2, 0.25) is 0 Å². The van der Waals surface area contributed by atoms with E-state index in [0.717, 1.165) is 0 Å². The van der Waals surface area contributed by atoms with E-state index in [2.05, 4.69) is 5.32 Å². The van der Waals surface area contributed by atoms with E-state index in [1.54, 1.807) is 19.1 Å². The number of carbonyl (C=O) groups excluding carboxylic acids is 2. The third-order valence-electron chi connectivity index (χ3n) is 6.96. The number of allylic oxidation sites excluding steroid dienone is 1. The van der Waals surface area contributed by atoms with Crippen molar-refractivity contribution in [3.05, 3.63) is 40.3 Å². The van der Waals surface area contributed by atoms with Gasteiger partial charge >= 0.3 is 11.9 Å². The summed E-state index contributed by atoms with van der Waals surface area (Å²) in [6.45, 7) is 4.10. The lowest BCUT2D eigenvalue weighted by Crippen LogP contribution is -2.89. The Hall–Kier alpha value is -2.69. The number of carboxylic acid groups (broad SMARTS) is 2. The van der Waals surface area contributed by atoms with E-state index >= 15 is 0 Å². The third kappa shape index (κ3) is 4.18. The number of anilines is 1. The standard InChI is InChI=1S/C23H26N2O7S/c1-9-15-16(10(2)26)19(27)17(15)18(23(31)32)20(9)33-13-7-14(24-8-13)21(28)25-12-5-3-4-11(6-12)22(29)30/h3-6,9-10,13-17,24,26H,7-8H2,1-2H3,(H,25,28)(H,29,30)(H,31,32)/p+1/t9-,10-,13+,14+,15-,16-,17?/m1/s1. The molecule has 176 valence electrons. The Kier molecular flexibility index (Phi) is 6.35. The molecular weight excluding hydrogens is 448 g/mol. The number of nitrogens with two attached hydrogens (primary N) is 1. The number of aliphatic hydroxyl groups is 1. The number of fused-ring (bicyclic) bond motifs is 1. The van der Waals surface area contributed by atoms with Crippen LogP contribution in [-0.4, -0.2) is 62.9 Å². The van der Waals surface area contributed by atoms with Gasteiger partial charge in [0.25, 0.3) is 5.91 Å². The first kappa shape index (κ1) is 23.5. The van der Waals surface area contributed by atoms with Gasteiger partial charge < -0.3 is 26.0 Å². The van der Waals surface area contributed by atoms with Crippen LogP contribution in [0.4, 0.5) is 5.69 Å². The van der Waals surface area contributed by atoms with E-state index in [1.165, 1.54) is 23.9 Å². The van der Waals surface area contributed by atoms with E-state index < -0.39 is 29.9 Å². The lowest BCUT2D eigenvalue weighted by atomic mass is 9.59. The molecule has 10 heteroatoms. The second-order valence-electron chi connectivity index (χ2n) is 9.02. The van der Waals surface area contributed by atoms with Crippen molar-refractivity contribution in [2.45, 2.75) is 37.7 Å². The summed E-state index contributed by atoms with van der Waals surface area (Å²) in [5, 5.41) is 33.6. The van der Waals surface area contributed by atoms with E-state index in [1.807, 2.05) is 12.2 Å². The zero-order chi connectivity index (χ0) is 24.0. The minimum absolute atomic E-state index is 0.00416. The number of hydrogen-bond donors (Lipinski definition) is 5. The Morgan fingerprint density at radius 3 is 2.58 bits per heavy atom. The van der Waals surface area contributed by atoms with Gasteiger partial charge in [-0.25, -0.2) is 9.59 Å². The number of carbonyl (C=O) groups is 4. The molecule has 0 spiro atoms. The maximum absolute atomic E-state index is 12.7. The minimum Gasteiger partial charge on any atom is -0.478 e. The van der Waals surface area contributed by atoms with Gasteiger partial charge in [0, 0.05) is 18.0 Å². The third-order valence-corrected chi connectivity index (χ3v) is 8.52. The van der Waals surface area contributed by atoms with Crippen molar-refractivity contribution < 1.29 is 39.8 Å². The van der Waals surface area contributed by atoms with Crippen molar-refractivity contribution in [2.24, 2.45) is 23.7 Å². The number of benzene rings is 1. The van der Waals surface area contributed by atoms with Gasteiger partial charge in [-0.3, -0.25) is 9.59 Å². The van der Waals surface area contributed by atoms with Gasteiger partial charge in [-0.1, -0.05) is 13.0 Å². The molecule has 2 fully saturated rings. The molecule has 6 N–H and O–H groups in total. The first-order chi connectivity index (χ1) is 15.6. The monoisotopic (exact) mass is 475 g/mol. The molecule has 1 aromatic rings. The summed E-state index contributed by atoms with van der Waals surface area (Å²) < 4.78 is 0. The lowest BCUT2D eigenvalue weighted by Gasteiger charge is -2.43. The highest BCUT2D eigenvalue weighted by Crippen LogP contribution is 2.58. The summed E-state index contributed by atoms with van der Waals surface area (Å²) in [5.74, 6) is -4.15. The summed E-state index contributed by atoms with van der Waals surface area (Å²) in [4.78, 5) is 49.1. The highest BCUT2D eigenvalue weighted by atomic mass is 32.2. The zero-order valence-electron chi connectivity index (χ0n) is 18.2. The van der Waals surface area contributed by atoms with Gasteiger partial charge in [0.15, 0.2) is 6.04 Å². The van der Waals surface area contributed by atoms with Crippen molar-refractivity contribution in [1.82, 2.24) is 0 Å². The van der Waals surface area contributed by atoms with Crippen molar-refractivity contribution in [3.8, 4) is 0 Å². The number of nitrogens with one attached hydrogen (secondary N) is 1. The number of amides is 1. The van der Waals surface area contributed by atoms with Crippen molar-refractivity contribution in [3.63, 3.8) is 0 Å². The number of rotatable bonds is 7. The summed E-state index contributed by atoms with van der Waals surface area (Å²) >= 11 is 1.43. The van der Waals surface area contributed by atoms with Gasteiger partial charge in [0.1, 0.15) is 5.78 Å². The quantitative estimate of drug-likeness (QED) is 0.383. The number of aliphatic carboxylic acids is 1. The second-order valence-corrected chi connectivity index (χ2v) is 10.4. The molecule has 3 aliphatic rings. The van der Waals surface area contributed by atoms with E-state index in [4.69, 9.17) is 5.11 Å². The van der Waals surface area contributed by atoms with Gasteiger partial charge in [0.05, 0.1) is 35.0 Å². The smallest absolute Gasteiger partial charge is 0.335 e. The van der Waals surface area contributed by atoms with Gasteiger partial charge in [-0.2, -0.15) is 0 Å². The van der Waals surface area contributed by atoms with E-state index in [0.29, 0.717) is 23.6 Å². The van der Waals surface area contributed by atoms with Gasteiger partial charge in [-0.05, 0) is 41.9 Å². The zero-order valence-corrected chi connectivity index (χ0v) is 19.0. The number of quaternary nitrogens is 1. The number of ketones is 1. The fourth-order valence-corrected chi connectivity index (χ4v) is 6.98. The molecule has 0 radical (unpaired) electrons. The topological polar surface area (TPSA) is 158 Å². The molecule has 1 aromatic carbocycles. The Bertz CT molecular complexity index is 1050. The fraction of sp³-hybridized carbons (Fsp3) is 0.478. The van der Waals surface area contributed by atoms with Crippen LogP contribution in [0.5, 0.6) is 0 Å². The van der Waals surface area contributed by atoms with Crippen LogP contribution in [-0.2, 0) is 14.4 Å². The molecule has 0 bridgehead atoms. The average molecular weight is 476 g/mol. The molecule has 1 unspecified atom stereocenters. The Labute approximate surface area is 194 Å². The number of Topliss-reactive ketones (excluding diaryl/α,β-unsaturated/α-hetero) is 1. The molecule has 1 heterocycles. The summed E-state index contributed by atoms with van der Waals surface area (Å²) in [6.07, 6.45) is -0.297. The lowest BCUT2D eigenvalue weighted by molar-refractivity contribution is -0.656. The first-order valence-electron chi connectivity index (χ1n) is 10.9. The molecule has 2 aliphatic carbocycles. The number of aliphatic hydroxyl groups excluding tert-OH is 1. The number of hydrogen-bond acceptors (Lipinski definition) is 6. The molecule has 1 aliphatic heterocycles. The fourth-order valence-electron chi connectivity index (χ4n) is 5.40. The predicted octanol–water partition coefficient (Wildman–Crippen LogP) is 0.561.